The summed E-state index contributed by atoms with van der Waals surface area (Å²) in [6.07, 6.45) is 2.88. The first kappa shape index (κ1) is 29.8. The number of rotatable bonds is 8. The topological polar surface area (TPSA) is 146 Å². The van der Waals surface area contributed by atoms with Gasteiger partial charge < -0.3 is 35.4 Å². The number of hydrogen-bond acceptors (Lipinski definition) is 7. The summed E-state index contributed by atoms with van der Waals surface area (Å²) in [6, 6.07) is 9.72. The van der Waals surface area contributed by atoms with E-state index in [0.717, 1.165) is 11.1 Å². The second kappa shape index (κ2) is 13.9. The van der Waals surface area contributed by atoms with Crippen molar-refractivity contribution in [3.05, 3.63) is 59.4 Å². The van der Waals surface area contributed by atoms with Crippen molar-refractivity contribution in [1.29, 1.82) is 0 Å². The summed E-state index contributed by atoms with van der Waals surface area (Å²) in [6.45, 7) is 0.324. The van der Waals surface area contributed by atoms with E-state index in [1.807, 2.05) is 12.1 Å². The molecule has 2 aromatic carbocycles. The molecule has 1 aliphatic heterocycles. The molecule has 0 radical (unpaired) electrons. The Morgan fingerprint density at radius 2 is 1.80 bits per heavy atom. The predicted octanol–water partition coefficient (Wildman–Crippen LogP) is 3.56. The van der Waals surface area contributed by atoms with Crippen LogP contribution in [0.2, 0.25) is 0 Å². The number of hydrogen-bond donors (Lipinski definition) is 4. The number of anilines is 2. The minimum Gasteiger partial charge on any atom is -0.467 e. The van der Waals surface area contributed by atoms with Crippen LogP contribution in [0.3, 0.4) is 0 Å². The standard InChI is InChI=1S/C29H35FN4O7/c1-40-27(37)25(17-35)32-26(36)14-18-6-10-22(11-7-18)41-29(39)34-13-12-19-15-21(9-8-20(19)16-34)31-28(38)33-24-5-3-2-4-23(24)30/h2-5,8-9,15,18,22,25,35H,6-7,10-14,16-17H2,1H3,(H,32,36)(H2,31,33,38). The Balaban J connectivity index is 1.21. The van der Waals surface area contributed by atoms with Crippen LogP contribution in [-0.2, 0) is 32.0 Å². The lowest BCUT2D eigenvalue weighted by Crippen LogP contribution is -2.44. The molecule has 4 amide bonds. The second-order valence-electron chi connectivity index (χ2n) is 10.3. The highest BCUT2D eigenvalue weighted by Gasteiger charge is 2.30. The van der Waals surface area contributed by atoms with Crippen LogP contribution in [0.4, 0.5) is 25.4 Å². The summed E-state index contributed by atoms with van der Waals surface area (Å²) in [4.78, 5) is 50.6. The SMILES string of the molecule is COC(=O)C(CO)NC(=O)CC1CCC(OC(=O)N2CCc3cc(NC(=O)Nc4ccccc4F)ccc3C2)CC1. The number of esters is 1. The van der Waals surface area contributed by atoms with Crippen LogP contribution >= 0.6 is 0 Å². The number of urea groups is 1. The fourth-order valence-corrected chi connectivity index (χ4v) is 5.14. The number of aliphatic hydroxyl groups excluding tert-OH is 1. The Bertz CT molecular complexity index is 1270. The maximum Gasteiger partial charge on any atom is 0.410 e. The van der Waals surface area contributed by atoms with E-state index in [0.29, 0.717) is 50.9 Å². The van der Waals surface area contributed by atoms with Gasteiger partial charge in [-0.05, 0) is 73.4 Å². The summed E-state index contributed by atoms with van der Waals surface area (Å²) in [5.41, 5.74) is 2.61. The number of amides is 4. The zero-order valence-corrected chi connectivity index (χ0v) is 22.9. The van der Waals surface area contributed by atoms with E-state index in [1.54, 1.807) is 23.1 Å². The molecule has 220 valence electrons. The minimum atomic E-state index is -1.08. The van der Waals surface area contributed by atoms with E-state index in [4.69, 9.17) is 4.74 Å². The average molecular weight is 571 g/mol. The zero-order chi connectivity index (χ0) is 29.4. The molecule has 0 spiro atoms. The van der Waals surface area contributed by atoms with Gasteiger partial charge in [-0.3, -0.25) is 4.79 Å². The van der Waals surface area contributed by atoms with Gasteiger partial charge in [-0.15, -0.1) is 0 Å². The molecule has 41 heavy (non-hydrogen) atoms. The maximum absolute atomic E-state index is 13.8. The quantitative estimate of drug-likeness (QED) is 0.355. The van der Waals surface area contributed by atoms with Crippen molar-refractivity contribution in [2.75, 3.05) is 30.9 Å². The van der Waals surface area contributed by atoms with E-state index in [-0.39, 0.29) is 36.1 Å². The summed E-state index contributed by atoms with van der Waals surface area (Å²) in [5.74, 6) is -1.45. The Morgan fingerprint density at radius 1 is 1.05 bits per heavy atom. The number of halogens is 1. The Morgan fingerprint density at radius 3 is 2.51 bits per heavy atom. The molecule has 4 N–H and O–H groups in total. The number of ether oxygens (including phenoxy) is 2. The third kappa shape index (κ3) is 8.16. The molecule has 0 aromatic heterocycles. The Labute approximate surface area is 237 Å². The Hall–Kier alpha value is -4.19. The largest absolute Gasteiger partial charge is 0.467 e. The maximum atomic E-state index is 13.8. The lowest BCUT2D eigenvalue weighted by Gasteiger charge is -2.32. The summed E-state index contributed by atoms with van der Waals surface area (Å²) >= 11 is 0. The van der Waals surface area contributed by atoms with Gasteiger partial charge in [-0.2, -0.15) is 0 Å². The van der Waals surface area contributed by atoms with Gasteiger partial charge in [-0.1, -0.05) is 18.2 Å². The van der Waals surface area contributed by atoms with Crippen LogP contribution < -0.4 is 16.0 Å². The molecule has 1 unspecified atom stereocenters. The van der Waals surface area contributed by atoms with Crippen molar-refractivity contribution in [2.45, 2.75) is 57.2 Å². The van der Waals surface area contributed by atoms with E-state index in [2.05, 4.69) is 20.7 Å². The van der Waals surface area contributed by atoms with Crippen LogP contribution in [0.15, 0.2) is 42.5 Å². The first-order valence-corrected chi connectivity index (χ1v) is 13.6. The number of fused-ring (bicyclic) bond motifs is 1. The predicted molar refractivity (Wildman–Crippen MR) is 147 cm³/mol. The molecule has 1 atom stereocenters. The van der Waals surface area contributed by atoms with Gasteiger partial charge in [0, 0.05) is 25.2 Å². The molecule has 1 heterocycles. The number of benzene rings is 2. The molecule has 11 nitrogen and oxygen atoms in total. The lowest BCUT2D eigenvalue weighted by molar-refractivity contribution is -0.146. The lowest BCUT2D eigenvalue weighted by atomic mass is 9.85. The average Bonchev–Trinajstić information content (AvgIpc) is 2.97. The molecule has 4 rings (SSSR count). The van der Waals surface area contributed by atoms with Crippen molar-refractivity contribution in [3.63, 3.8) is 0 Å². The van der Waals surface area contributed by atoms with Gasteiger partial charge in [0.15, 0.2) is 6.04 Å². The molecule has 2 aliphatic rings. The zero-order valence-electron chi connectivity index (χ0n) is 22.9. The summed E-state index contributed by atoms with van der Waals surface area (Å²) in [5, 5.41) is 17.0. The highest BCUT2D eigenvalue weighted by atomic mass is 19.1. The van der Waals surface area contributed by atoms with Crippen molar-refractivity contribution in [2.24, 2.45) is 5.92 Å². The fourth-order valence-electron chi connectivity index (χ4n) is 5.14. The number of para-hydroxylation sites is 1. The Kier molecular flexibility index (Phi) is 10.1. The highest BCUT2D eigenvalue weighted by molar-refractivity contribution is 5.99. The van der Waals surface area contributed by atoms with Crippen LogP contribution in [0, 0.1) is 11.7 Å². The minimum absolute atomic E-state index is 0.0860. The van der Waals surface area contributed by atoms with Gasteiger partial charge >= 0.3 is 18.1 Å². The molecule has 0 saturated heterocycles. The van der Waals surface area contributed by atoms with Gasteiger partial charge in [0.1, 0.15) is 11.9 Å². The molecule has 1 aliphatic carbocycles. The van der Waals surface area contributed by atoms with Crippen LogP contribution in [0.5, 0.6) is 0 Å². The molecule has 1 saturated carbocycles. The normalized spacial score (nSPS) is 18.9. The van der Waals surface area contributed by atoms with E-state index < -0.39 is 30.5 Å². The highest BCUT2D eigenvalue weighted by Crippen LogP contribution is 2.30. The first-order valence-electron chi connectivity index (χ1n) is 13.6. The van der Waals surface area contributed by atoms with Gasteiger partial charge in [0.25, 0.3) is 0 Å². The number of nitrogens with one attached hydrogen (secondary N) is 3. The second-order valence-corrected chi connectivity index (χ2v) is 10.3. The van der Waals surface area contributed by atoms with Crippen molar-refractivity contribution < 1.29 is 38.1 Å². The van der Waals surface area contributed by atoms with Crippen LogP contribution in [0.25, 0.3) is 0 Å². The number of methoxy groups -OCH3 is 1. The van der Waals surface area contributed by atoms with E-state index in [9.17, 15) is 28.7 Å². The van der Waals surface area contributed by atoms with Gasteiger partial charge in [0.2, 0.25) is 5.91 Å². The first-order chi connectivity index (χ1) is 19.7. The van der Waals surface area contributed by atoms with Crippen molar-refractivity contribution in [1.82, 2.24) is 10.2 Å². The summed E-state index contributed by atoms with van der Waals surface area (Å²) < 4.78 is 24.1. The molecule has 12 heteroatoms. The molecule has 0 bridgehead atoms. The number of carbonyl (C=O) groups is 4. The van der Waals surface area contributed by atoms with Crippen molar-refractivity contribution >= 4 is 35.4 Å². The number of aliphatic hydroxyl groups is 1. The van der Waals surface area contributed by atoms with E-state index in [1.165, 1.54) is 19.2 Å². The molecular formula is C29H35FN4O7. The monoisotopic (exact) mass is 570 g/mol. The van der Waals surface area contributed by atoms with Gasteiger partial charge in [-0.25, -0.2) is 18.8 Å². The third-order valence-corrected chi connectivity index (χ3v) is 7.40. The molecular weight excluding hydrogens is 535 g/mol. The van der Waals surface area contributed by atoms with Gasteiger partial charge in [0.05, 0.1) is 19.4 Å². The van der Waals surface area contributed by atoms with Crippen molar-refractivity contribution in [3.8, 4) is 0 Å². The van der Waals surface area contributed by atoms with Crippen LogP contribution in [0.1, 0.15) is 43.2 Å². The molecule has 2 aromatic rings. The number of carbonyl (C=O) groups excluding carboxylic acids is 4. The summed E-state index contributed by atoms with van der Waals surface area (Å²) in [7, 11) is 1.19. The smallest absolute Gasteiger partial charge is 0.410 e. The molecule has 1 fully saturated rings. The van der Waals surface area contributed by atoms with E-state index >= 15 is 0 Å². The van der Waals surface area contributed by atoms with Crippen LogP contribution in [-0.4, -0.2) is 66.4 Å². The third-order valence-electron chi connectivity index (χ3n) is 7.40. The number of nitrogens with zero attached hydrogens (tertiary/aromatic N) is 1. The fraction of sp³-hybridized carbons (Fsp3) is 0.448.